The fourth-order valence-corrected chi connectivity index (χ4v) is 4.79. The predicted octanol–water partition coefficient (Wildman–Crippen LogP) is 3.48. The van der Waals surface area contributed by atoms with E-state index in [1.165, 1.54) is 4.90 Å². The second-order valence-electron chi connectivity index (χ2n) is 9.21. The zero-order chi connectivity index (χ0) is 23.0. The van der Waals surface area contributed by atoms with Gasteiger partial charge in [0.1, 0.15) is 12.1 Å². The maximum Gasteiger partial charge on any atom is 0.408 e. The second kappa shape index (κ2) is 8.30. The molecule has 7 heteroatoms. The number of hydrogen-bond acceptors (Lipinski definition) is 4. The number of alkyl carbamates (subject to hydrolysis) is 1. The highest BCUT2D eigenvalue weighted by Crippen LogP contribution is 2.44. The third-order valence-electron chi connectivity index (χ3n) is 6.51. The molecule has 2 amide bonds. The number of carboxylic acids is 1. The molecule has 0 saturated carbocycles. The van der Waals surface area contributed by atoms with Gasteiger partial charge in [0.15, 0.2) is 0 Å². The molecule has 1 heterocycles. The van der Waals surface area contributed by atoms with Crippen LogP contribution in [0.1, 0.15) is 37.8 Å². The molecule has 0 aromatic heterocycles. The Morgan fingerprint density at radius 1 is 1.03 bits per heavy atom. The van der Waals surface area contributed by atoms with E-state index in [4.69, 9.17) is 4.74 Å². The number of rotatable bonds is 5. The molecule has 0 bridgehead atoms. The van der Waals surface area contributed by atoms with Crippen LogP contribution in [0.4, 0.5) is 4.79 Å². The molecule has 2 aromatic rings. The molecule has 168 valence electrons. The SMILES string of the molecule is CC1CN(C(=O)C(C)(C)NC(=O)OCC2c3ccccc3-c3ccccc32)CC1C(=O)O. The molecule has 4 rings (SSSR count). The van der Waals surface area contributed by atoms with Crippen LogP contribution in [0.5, 0.6) is 0 Å². The van der Waals surface area contributed by atoms with Crippen molar-refractivity contribution in [3.63, 3.8) is 0 Å². The van der Waals surface area contributed by atoms with Gasteiger partial charge in [0.2, 0.25) is 5.91 Å². The largest absolute Gasteiger partial charge is 0.481 e. The van der Waals surface area contributed by atoms with E-state index in [2.05, 4.69) is 17.4 Å². The number of ether oxygens (including phenoxy) is 1. The van der Waals surface area contributed by atoms with E-state index in [-0.39, 0.29) is 30.9 Å². The highest BCUT2D eigenvalue weighted by molar-refractivity contribution is 5.90. The number of carbonyl (C=O) groups is 3. The van der Waals surface area contributed by atoms with Crippen molar-refractivity contribution < 1.29 is 24.2 Å². The lowest BCUT2D eigenvalue weighted by Crippen LogP contribution is -2.55. The Morgan fingerprint density at radius 3 is 2.12 bits per heavy atom. The number of benzene rings is 2. The maximum atomic E-state index is 13.0. The molecule has 2 atom stereocenters. The highest BCUT2D eigenvalue weighted by Gasteiger charge is 2.42. The number of hydrogen-bond donors (Lipinski definition) is 2. The zero-order valence-corrected chi connectivity index (χ0v) is 18.5. The quantitative estimate of drug-likeness (QED) is 0.748. The Bertz CT molecular complexity index is 1020. The fraction of sp³-hybridized carbons (Fsp3) is 0.400. The van der Waals surface area contributed by atoms with E-state index in [9.17, 15) is 19.5 Å². The first-order chi connectivity index (χ1) is 15.2. The molecule has 2 aliphatic rings. The molecule has 32 heavy (non-hydrogen) atoms. The van der Waals surface area contributed by atoms with Crippen LogP contribution in [-0.4, -0.2) is 53.2 Å². The van der Waals surface area contributed by atoms with Gasteiger partial charge in [0.05, 0.1) is 5.92 Å². The molecular formula is C25H28N2O5. The summed E-state index contributed by atoms with van der Waals surface area (Å²) in [6.45, 7) is 5.69. The van der Waals surface area contributed by atoms with Crippen LogP contribution in [0.3, 0.4) is 0 Å². The molecular weight excluding hydrogens is 408 g/mol. The van der Waals surface area contributed by atoms with E-state index < -0.39 is 23.5 Å². The molecule has 0 radical (unpaired) electrons. The maximum absolute atomic E-state index is 13.0. The number of aliphatic carboxylic acids is 1. The molecule has 2 unspecified atom stereocenters. The molecule has 2 aromatic carbocycles. The number of likely N-dealkylation sites (tertiary alicyclic amines) is 1. The standard InChI is InChI=1S/C25H28N2O5/c1-15-12-27(13-20(15)22(28)29)23(30)25(2,3)26-24(31)32-14-21-18-10-6-4-8-16(18)17-9-5-7-11-19(17)21/h4-11,15,20-21H,12-14H2,1-3H3,(H,26,31)(H,28,29). The first kappa shape index (κ1) is 21.9. The van der Waals surface area contributed by atoms with Gasteiger partial charge in [0.25, 0.3) is 0 Å². The van der Waals surface area contributed by atoms with Gasteiger partial charge in [-0.1, -0.05) is 55.5 Å². The number of amides is 2. The van der Waals surface area contributed by atoms with Crippen molar-refractivity contribution >= 4 is 18.0 Å². The average molecular weight is 437 g/mol. The van der Waals surface area contributed by atoms with Crippen molar-refractivity contribution in [2.24, 2.45) is 11.8 Å². The zero-order valence-electron chi connectivity index (χ0n) is 18.5. The van der Waals surface area contributed by atoms with Gasteiger partial charge < -0.3 is 20.1 Å². The van der Waals surface area contributed by atoms with Crippen LogP contribution < -0.4 is 5.32 Å². The Kier molecular flexibility index (Phi) is 5.67. The van der Waals surface area contributed by atoms with Gasteiger partial charge in [0, 0.05) is 19.0 Å². The van der Waals surface area contributed by atoms with Gasteiger partial charge in [-0.3, -0.25) is 9.59 Å². The van der Waals surface area contributed by atoms with Crippen molar-refractivity contribution in [2.45, 2.75) is 32.2 Å². The summed E-state index contributed by atoms with van der Waals surface area (Å²) in [7, 11) is 0. The lowest BCUT2D eigenvalue weighted by Gasteiger charge is -2.30. The minimum Gasteiger partial charge on any atom is -0.481 e. The number of nitrogens with one attached hydrogen (secondary N) is 1. The molecule has 1 aliphatic heterocycles. The van der Waals surface area contributed by atoms with E-state index in [1.54, 1.807) is 13.8 Å². The van der Waals surface area contributed by atoms with Crippen LogP contribution in [0, 0.1) is 11.8 Å². The smallest absolute Gasteiger partial charge is 0.408 e. The summed E-state index contributed by atoms with van der Waals surface area (Å²) in [6, 6.07) is 16.2. The minimum atomic E-state index is -1.21. The van der Waals surface area contributed by atoms with E-state index >= 15 is 0 Å². The Balaban J connectivity index is 1.40. The first-order valence-corrected chi connectivity index (χ1v) is 10.8. The third kappa shape index (κ3) is 3.95. The van der Waals surface area contributed by atoms with Crippen LogP contribution in [-0.2, 0) is 14.3 Å². The Hall–Kier alpha value is -3.35. The summed E-state index contributed by atoms with van der Waals surface area (Å²) >= 11 is 0. The predicted molar refractivity (Wildman–Crippen MR) is 119 cm³/mol. The highest BCUT2D eigenvalue weighted by atomic mass is 16.5. The van der Waals surface area contributed by atoms with Crippen molar-refractivity contribution in [3.8, 4) is 11.1 Å². The van der Waals surface area contributed by atoms with Crippen molar-refractivity contribution in [1.82, 2.24) is 10.2 Å². The topological polar surface area (TPSA) is 95.9 Å². The van der Waals surface area contributed by atoms with Crippen molar-refractivity contribution in [3.05, 3.63) is 59.7 Å². The van der Waals surface area contributed by atoms with Gasteiger partial charge >= 0.3 is 12.1 Å². The number of fused-ring (bicyclic) bond motifs is 3. The van der Waals surface area contributed by atoms with Crippen molar-refractivity contribution in [2.75, 3.05) is 19.7 Å². The molecule has 2 N–H and O–H groups in total. The molecule has 1 saturated heterocycles. The minimum absolute atomic E-state index is 0.0669. The molecule has 7 nitrogen and oxygen atoms in total. The van der Waals surface area contributed by atoms with Crippen LogP contribution >= 0.6 is 0 Å². The number of carbonyl (C=O) groups excluding carboxylic acids is 2. The normalized spacial score (nSPS) is 19.9. The van der Waals surface area contributed by atoms with Gasteiger partial charge in [-0.15, -0.1) is 0 Å². The van der Waals surface area contributed by atoms with Crippen molar-refractivity contribution in [1.29, 1.82) is 0 Å². The summed E-state index contributed by atoms with van der Waals surface area (Å²) in [5.41, 5.74) is 3.30. The van der Waals surface area contributed by atoms with Crippen LogP contribution in [0.25, 0.3) is 11.1 Å². The molecule has 1 aliphatic carbocycles. The van der Waals surface area contributed by atoms with Crippen LogP contribution in [0.2, 0.25) is 0 Å². The van der Waals surface area contributed by atoms with Crippen LogP contribution in [0.15, 0.2) is 48.5 Å². The van der Waals surface area contributed by atoms with Gasteiger partial charge in [-0.05, 0) is 42.0 Å². The summed E-state index contributed by atoms with van der Waals surface area (Å²) in [4.78, 5) is 38.4. The summed E-state index contributed by atoms with van der Waals surface area (Å²) in [5.74, 6) is -2.02. The average Bonchev–Trinajstić information content (AvgIpc) is 3.29. The second-order valence-corrected chi connectivity index (χ2v) is 9.21. The Morgan fingerprint density at radius 2 is 1.59 bits per heavy atom. The third-order valence-corrected chi connectivity index (χ3v) is 6.51. The molecule has 1 fully saturated rings. The summed E-state index contributed by atoms with van der Waals surface area (Å²) < 4.78 is 5.55. The van der Waals surface area contributed by atoms with E-state index in [1.807, 2.05) is 43.3 Å². The van der Waals surface area contributed by atoms with E-state index in [0.29, 0.717) is 6.54 Å². The molecule has 0 spiro atoms. The number of carboxylic acid groups (broad SMARTS) is 1. The fourth-order valence-electron chi connectivity index (χ4n) is 4.79. The number of nitrogens with zero attached hydrogens (tertiary/aromatic N) is 1. The van der Waals surface area contributed by atoms with E-state index in [0.717, 1.165) is 22.3 Å². The lowest BCUT2D eigenvalue weighted by molar-refractivity contribution is -0.142. The van der Waals surface area contributed by atoms with Gasteiger partial charge in [-0.2, -0.15) is 0 Å². The summed E-state index contributed by atoms with van der Waals surface area (Å²) in [5, 5.41) is 12.0. The lowest BCUT2D eigenvalue weighted by atomic mass is 9.98. The Labute approximate surface area is 187 Å². The first-order valence-electron chi connectivity index (χ1n) is 10.8. The van der Waals surface area contributed by atoms with Gasteiger partial charge in [-0.25, -0.2) is 4.79 Å². The monoisotopic (exact) mass is 436 g/mol. The summed E-state index contributed by atoms with van der Waals surface area (Å²) in [6.07, 6.45) is -0.674.